The van der Waals surface area contributed by atoms with Gasteiger partial charge in [-0.05, 0) is 16.9 Å². The summed E-state index contributed by atoms with van der Waals surface area (Å²) in [6.45, 7) is 6.19. The van der Waals surface area contributed by atoms with Crippen LogP contribution in [0.2, 0.25) is 0 Å². The van der Waals surface area contributed by atoms with Gasteiger partial charge in [-0.2, -0.15) is 4.98 Å². The molecule has 2 N–H and O–H groups in total. The Morgan fingerprint density at radius 1 is 1.47 bits per heavy atom. The number of nitrogens with zero attached hydrogens (tertiary/aromatic N) is 2. The van der Waals surface area contributed by atoms with E-state index in [4.69, 9.17) is 10.3 Å². The lowest BCUT2D eigenvalue weighted by molar-refractivity contribution is 0.301. The molecule has 0 aliphatic rings. The number of nitrogens with two attached hydrogens (primary N) is 1. The number of thiophene rings is 1. The molecule has 92 valence electrons. The minimum atomic E-state index is -0.205. The largest absolute Gasteiger partial charge is 0.339 e. The van der Waals surface area contributed by atoms with Crippen molar-refractivity contribution in [3.8, 4) is 0 Å². The van der Waals surface area contributed by atoms with Crippen LogP contribution in [0.4, 0.5) is 0 Å². The maximum atomic E-state index is 6.08. The predicted molar refractivity (Wildman–Crippen MR) is 67.8 cm³/mol. The molecule has 2 rings (SSSR count). The molecule has 4 nitrogen and oxygen atoms in total. The van der Waals surface area contributed by atoms with Crippen LogP contribution in [0.3, 0.4) is 0 Å². The van der Waals surface area contributed by atoms with Crippen LogP contribution in [0.1, 0.15) is 43.4 Å². The topological polar surface area (TPSA) is 64.9 Å². The zero-order chi connectivity index (χ0) is 12.5. The van der Waals surface area contributed by atoms with Gasteiger partial charge in [0.2, 0.25) is 5.89 Å². The molecule has 17 heavy (non-hydrogen) atoms. The number of aromatic nitrogens is 2. The van der Waals surface area contributed by atoms with E-state index >= 15 is 0 Å². The van der Waals surface area contributed by atoms with Gasteiger partial charge in [-0.15, -0.1) is 11.3 Å². The smallest absolute Gasteiger partial charge is 0.231 e. The van der Waals surface area contributed by atoms with E-state index in [0.29, 0.717) is 18.1 Å². The molecule has 0 saturated heterocycles. The Kier molecular flexibility index (Phi) is 3.31. The van der Waals surface area contributed by atoms with E-state index in [9.17, 15) is 0 Å². The lowest BCUT2D eigenvalue weighted by Crippen LogP contribution is -2.27. The highest BCUT2D eigenvalue weighted by molar-refractivity contribution is 7.09. The monoisotopic (exact) mass is 251 g/mol. The van der Waals surface area contributed by atoms with E-state index < -0.39 is 0 Å². The fraction of sp³-hybridized carbons (Fsp3) is 0.500. The van der Waals surface area contributed by atoms with Crippen molar-refractivity contribution in [2.24, 2.45) is 11.1 Å². The minimum absolute atomic E-state index is 0.0654. The Labute approximate surface area is 105 Å². The van der Waals surface area contributed by atoms with Crippen LogP contribution in [-0.4, -0.2) is 10.1 Å². The highest BCUT2D eigenvalue weighted by atomic mass is 32.1. The molecule has 0 radical (unpaired) electrons. The van der Waals surface area contributed by atoms with E-state index in [1.807, 2.05) is 11.4 Å². The van der Waals surface area contributed by atoms with Crippen LogP contribution < -0.4 is 5.73 Å². The van der Waals surface area contributed by atoms with Crippen molar-refractivity contribution in [3.05, 3.63) is 34.1 Å². The number of hydrogen-bond donors (Lipinski definition) is 1. The molecule has 0 fully saturated rings. The van der Waals surface area contributed by atoms with Gasteiger partial charge in [0.25, 0.3) is 0 Å². The standard InChI is InChI=1S/C12H17N3OS/c1-12(2,3)10(13)11-14-9(16-15-11)7-8-5-4-6-17-8/h4-6,10H,7,13H2,1-3H3. The summed E-state index contributed by atoms with van der Waals surface area (Å²) in [5.74, 6) is 1.21. The summed E-state index contributed by atoms with van der Waals surface area (Å²) in [4.78, 5) is 5.57. The molecule has 0 saturated carbocycles. The average Bonchev–Trinajstić information content (AvgIpc) is 2.87. The Morgan fingerprint density at radius 3 is 2.82 bits per heavy atom. The molecule has 0 aliphatic heterocycles. The van der Waals surface area contributed by atoms with Gasteiger partial charge in [0, 0.05) is 4.88 Å². The first kappa shape index (κ1) is 12.3. The SMILES string of the molecule is CC(C)(C)C(N)c1noc(Cc2cccs2)n1. The van der Waals surface area contributed by atoms with Crippen LogP contribution in [0.5, 0.6) is 0 Å². The average molecular weight is 251 g/mol. The Hall–Kier alpha value is -1.20. The zero-order valence-corrected chi connectivity index (χ0v) is 11.1. The van der Waals surface area contributed by atoms with E-state index in [0.717, 1.165) is 0 Å². The Balaban J connectivity index is 2.11. The molecule has 0 bridgehead atoms. The third-order valence-corrected chi connectivity index (χ3v) is 3.48. The summed E-state index contributed by atoms with van der Waals surface area (Å²) in [7, 11) is 0. The highest BCUT2D eigenvalue weighted by Crippen LogP contribution is 2.28. The van der Waals surface area contributed by atoms with Crippen molar-refractivity contribution in [2.45, 2.75) is 33.2 Å². The second kappa shape index (κ2) is 4.58. The third kappa shape index (κ3) is 2.92. The van der Waals surface area contributed by atoms with Crippen LogP contribution in [0, 0.1) is 5.41 Å². The van der Waals surface area contributed by atoms with Crippen molar-refractivity contribution in [1.29, 1.82) is 0 Å². The van der Waals surface area contributed by atoms with E-state index in [1.165, 1.54) is 4.88 Å². The summed E-state index contributed by atoms with van der Waals surface area (Å²) in [5, 5.41) is 5.99. The first-order chi connectivity index (χ1) is 7.97. The minimum Gasteiger partial charge on any atom is -0.339 e. The predicted octanol–water partition coefficient (Wildman–Crippen LogP) is 2.77. The van der Waals surface area contributed by atoms with Crippen molar-refractivity contribution < 1.29 is 4.52 Å². The molecule has 0 amide bonds. The van der Waals surface area contributed by atoms with Gasteiger partial charge in [-0.3, -0.25) is 0 Å². The van der Waals surface area contributed by atoms with Crippen LogP contribution in [-0.2, 0) is 6.42 Å². The molecule has 0 aliphatic carbocycles. The van der Waals surface area contributed by atoms with Crippen molar-refractivity contribution in [2.75, 3.05) is 0 Å². The summed E-state index contributed by atoms with van der Waals surface area (Å²) >= 11 is 1.68. The van der Waals surface area contributed by atoms with Crippen molar-refractivity contribution in [1.82, 2.24) is 10.1 Å². The van der Waals surface area contributed by atoms with Gasteiger partial charge in [-0.1, -0.05) is 32.0 Å². The first-order valence-corrected chi connectivity index (χ1v) is 6.45. The van der Waals surface area contributed by atoms with E-state index in [2.05, 4.69) is 37.0 Å². The Morgan fingerprint density at radius 2 is 2.24 bits per heavy atom. The fourth-order valence-electron chi connectivity index (χ4n) is 1.42. The molecule has 1 unspecified atom stereocenters. The lowest BCUT2D eigenvalue weighted by Gasteiger charge is -2.23. The highest BCUT2D eigenvalue weighted by Gasteiger charge is 2.26. The second-order valence-electron chi connectivity index (χ2n) is 5.15. The van der Waals surface area contributed by atoms with Crippen molar-refractivity contribution >= 4 is 11.3 Å². The Bertz CT molecular complexity index is 470. The summed E-state index contributed by atoms with van der Waals surface area (Å²) in [5.41, 5.74) is 6.01. The number of rotatable bonds is 3. The van der Waals surface area contributed by atoms with Crippen molar-refractivity contribution in [3.63, 3.8) is 0 Å². The zero-order valence-electron chi connectivity index (χ0n) is 10.3. The number of hydrogen-bond acceptors (Lipinski definition) is 5. The normalized spacial score (nSPS) is 13.9. The quantitative estimate of drug-likeness (QED) is 0.911. The summed E-state index contributed by atoms with van der Waals surface area (Å²) in [6, 6.07) is 3.86. The molecule has 2 aromatic heterocycles. The lowest BCUT2D eigenvalue weighted by atomic mass is 9.87. The molecule has 2 heterocycles. The van der Waals surface area contributed by atoms with Gasteiger partial charge < -0.3 is 10.3 Å². The molecule has 2 aromatic rings. The summed E-state index contributed by atoms with van der Waals surface area (Å²) in [6.07, 6.45) is 0.682. The summed E-state index contributed by atoms with van der Waals surface area (Å²) < 4.78 is 5.22. The van der Waals surface area contributed by atoms with Crippen LogP contribution >= 0.6 is 11.3 Å². The molecule has 1 atom stereocenters. The first-order valence-electron chi connectivity index (χ1n) is 5.57. The van der Waals surface area contributed by atoms with Gasteiger partial charge in [0.05, 0.1) is 12.5 Å². The molecule has 5 heteroatoms. The maximum Gasteiger partial charge on any atom is 0.231 e. The van der Waals surface area contributed by atoms with Gasteiger partial charge in [0.1, 0.15) is 0 Å². The molecule has 0 aromatic carbocycles. The van der Waals surface area contributed by atoms with Crippen LogP contribution in [0.15, 0.2) is 22.0 Å². The van der Waals surface area contributed by atoms with Gasteiger partial charge >= 0.3 is 0 Å². The van der Waals surface area contributed by atoms with E-state index in [-0.39, 0.29) is 11.5 Å². The van der Waals surface area contributed by atoms with Crippen LogP contribution in [0.25, 0.3) is 0 Å². The third-order valence-electron chi connectivity index (χ3n) is 2.60. The molecular weight excluding hydrogens is 234 g/mol. The van der Waals surface area contributed by atoms with Gasteiger partial charge in [0.15, 0.2) is 5.82 Å². The maximum absolute atomic E-state index is 6.08. The van der Waals surface area contributed by atoms with Gasteiger partial charge in [-0.25, -0.2) is 0 Å². The fourth-order valence-corrected chi connectivity index (χ4v) is 2.11. The second-order valence-corrected chi connectivity index (χ2v) is 6.18. The molecule has 0 spiro atoms. The molecular formula is C12H17N3OS. The van der Waals surface area contributed by atoms with E-state index in [1.54, 1.807) is 11.3 Å².